The molecule has 0 bridgehead atoms. The molecule has 2 fully saturated rings. The molecule has 0 radical (unpaired) electrons. The molecule has 3 heteroatoms. The Kier molecular flexibility index (Phi) is 11.3. The van der Waals surface area contributed by atoms with Gasteiger partial charge in [-0.3, -0.25) is 0 Å². The predicted molar refractivity (Wildman–Crippen MR) is 182 cm³/mol. The van der Waals surface area contributed by atoms with Crippen molar-refractivity contribution in [3.63, 3.8) is 0 Å². The molecule has 43 heavy (non-hydrogen) atoms. The summed E-state index contributed by atoms with van der Waals surface area (Å²) in [6.07, 6.45) is 9.26. The first kappa shape index (κ1) is 33.4. The molecule has 0 amide bonds. The molecule has 236 valence electrons. The van der Waals surface area contributed by atoms with E-state index in [1.54, 1.807) is 0 Å². The number of hydrogen-bond donors (Lipinski definition) is 0. The van der Waals surface area contributed by atoms with Crippen LogP contribution in [0.1, 0.15) is 128 Å². The van der Waals surface area contributed by atoms with Crippen LogP contribution in [0, 0.1) is 11.3 Å². The van der Waals surface area contributed by atoms with Gasteiger partial charge in [0.15, 0.2) is 0 Å². The summed E-state index contributed by atoms with van der Waals surface area (Å²) in [7, 11) is 0. The zero-order valence-corrected chi connectivity index (χ0v) is 28.3. The average molecular weight is 587 g/mol. The van der Waals surface area contributed by atoms with Crippen LogP contribution in [-0.4, -0.2) is 25.9 Å². The van der Waals surface area contributed by atoms with E-state index in [1.807, 2.05) is 0 Å². The second-order valence-electron chi connectivity index (χ2n) is 14.0. The monoisotopic (exact) mass is 586 g/mol. The Balaban J connectivity index is 1.62. The first-order valence-corrected chi connectivity index (χ1v) is 17.0. The Bertz CT molecular complexity index is 1190. The summed E-state index contributed by atoms with van der Waals surface area (Å²) in [6, 6.07) is 15.6. The largest absolute Gasteiger partial charge is 0.493 e. The molecule has 3 nitrogen and oxygen atoms in total. The summed E-state index contributed by atoms with van der Waals surface area (Å²) in [5.74, 6) is 3.24. The summed E-state index contributed by atoms with van der Waals surface area (Å²) < 4.78 is 18.5. The fourth-order valence-electron chi connectivity index (χ4n) is 7.42. The number of hydrogen-bond acceptors (Lipinski definition) is 3. The molecule has 0 heterocycles. The maximum absolute atomic E-state index is 6.28. The molecule has 2 saturated carbocycles. The van der Waals surface area contributed by atoms with Gasteiger partial charge in [-0.2, -0.15) is 0 Å². The minimum absolute atomic E-state index is 0.0982. The lowest BCUT2D eigenvalue weighted by molar-refractivity contribution is -0.0606. The van der Waals surface area contributed by atoms with Crippen molar-refractivity contribution in [1.82, 2.24) is 0 Å². The first-order valence-electron chi connectivity index (χ1n) is 17.0. The lowest BCUT2D eigenvalue weighted by Gasteiger charge is -2.49. The molecule has 0 aliphatic heterocycles. The highest BCUT2D eigenvalue weighted by Gasteiger charge is 2.46. The van der Waals surface area contributed by atoms with Gasteiger partial charge in [0.2, 0.25) is 0 Å². The van der Waals surface area contributed by atoms with Crippen LogP contribution in [-0.2, 0) is 10.2 Å². The topological polar surface area (TPSA) is 27.7 Å². The van der Waals surface area contributed by atoms with Gasteiger partial charge < -0.3 is 14.2 Å². The molecule has 0 spiro atoms. The standard InChI is InChI=1S/C40H58O3/c1-10-41-34-26-40(27-34,28(4)5)25-29(6)35(19-16-22-39(8,9)33-17-14-13-15-18-33)30(7)32-23-36(42-11-2)38(31-20-21-31)37(24-32)43-12-3/h13-15,17-18,23-24,30-31,34-35H,4,6,10-12,16,19-22,25-27H2,1-3,5,7-9H3/t30-,34?,35?,40?/m1/s1. The molecule has 2 aliphatic carbocycles. The van der Waals surface area contributed by atoms with Crippen LogP contribution in [0.5, 0.6) is 11.5 Å². The zero-order valence-electron chi connectivity index (χ0n) is 28.3. The van der Waals surface area contributed by atoms with Crippen molar-refractivity contribution >= 4 is 0 Å². The van der Waals surface area contributed by atoms with Crippen molar-refractivity contribution in [2.45, 2.75) is 123 Å². The maximum atomic E-state index is 6.28. The van der Waals surface area contributed by atoms with E-state index in [-0.39, 0.29) is 10.8 Å². The average Bonchev–Trinajstić information content (AvgIpc) is 3.79. The Morgan fingerprint density at radius 1 is 0.953 bits per heavy atom. The van der Waals surface area contributed by atoms with Gasteiger partial charge in [0.25, 0.3) is 0 Å². The molecule has 0 aromatic heterocycles. The van der Waals surface area contributed by atoms with Gasteiger partial charge in [-0.05, 0) is 124 Å². The molecule has 0 N–H and O–H groups in total. The molecule has 4 rings (SSSR count). The Morgan fingerprint density at radius 3 is 2.07 bits per heavy atom. The summed E-state index contributed by atoms with van der Waals surface area (Å²) in [5, 5.41) is 0. The van der Waals surface area contributed by atoms with E-state index < -0.39 is 0 Å². The van der Waals surface area contributed by atoms with Crippen molar-refractivity contribution in [3.05, 3.63) is 83.5 Å². The van der Waals surface area contributed by atoms with Gasteiger partial charge in [-0.15, -0.1) is 0 Å². The fourth-order valence-corrected chi connectivity index (χ4v) is 7.42. The Morgan fingerprint density at radius 2 is 1.56 bits per heavy atom. The number of ether oxygens (including phenoxy) is 3. The molecule has 2 aromatic rings. The number of rotatable bonds is 18. The van der Waals surface area contributed by atoms with Crippen LogP contribution in [0.2, 0.25) is 0 Å². The van der Waals surface area contributed by atoms with Crippen molar-refractivity contribution in [2.75, 3.05) is 19.8 Å². The molecular formula is C40H58O3. The third kappa shape index (κ3) is 7.96. The Hall–Kier alpha value is -2.52. The molecule has 2 atom stereocenters. The lowest BCUT2D eigenvalue weighted by Crippen LogP contribution is -2.44. The van der Waals surface area contributed by atoms with Crippen molar-refractivity contribution in [2.24, 2.45) is 11.3 Å². The summed E-state index contributed by atoms with van der Waals surface area (Å²) in [4.78, 5) is 0. The molecule has 1 unspecified atom stereocenters. The summed E-state index contributed by atoms with van der Waals surface area (Å²) in [6.45, 7) is 27.0. The highest BCUT2D eigenvalue weighted by Crippen LogP contribution is 2.55. The minimum atomic E-state index is 0.0982. The van der Waals surface area contributed by atoms with E-state index in [9.17, 15) is 0 Å². The quantitative estimate of drug-likeness (QED) is 0.163. The lowest BCUT2D eigenvalue weighted by atomic mass is 9.58. The number of allylic oxidation sites excluding steroid dienone is 2. The normalized spacial score (nSPS) is 21.5. The van der Waals surface area contributed by atoms with Gasteiger partial charge in [-0.25, -0.2) is 0 Å². The SMILES string of the molecule is C=C(CC1(C(=C)C)CC(OCC)C1)C(CCCC(C)(C)c1ccccc1)[C@H](C)c1cc(OCC)c(C2CC2)c(OCC)c1. The molecule has 0 saturated heterocycles. The van der Waals surface area contributed by atoms with Crippen molar-refractivity contribution in [1.29, 1.82) is 0 Å². The smallest absolute Gasteiger partial charge is 0.126 e. The highest BCUT2D eigenvalue weighted by atomic mass is 16.5. The third-order valence-electron chi connectivity index (χ3n) is 10.3. The van der Waals surface area contributed by atoms with Crippen LogP contribution in [0.3, 0.4) is 0 Å². The van der Waals surface area contributed by atoms with E-state index in [4.69, 9.17) is 20.8 Å². The van der Waals surface area contributed by atoms with Gasteiger partial charge in [0.05, 0.1) is 19.3 Å². The predicted octanol–water partition coefficient (Wildman–Crippen LogP) is 10.9. The third-order valence-corrected chi connectivity index (χ3v) is 10.3. The highest BCUT2D eigenvalue weighted by molar-refractivity contribution is 5.53. The van der Waals surface area contributed by atoms with E-state index in [1.165, 1.54) is 40.7 Å². The second kappa shape index (κ2) is 14.5. The van der Waals surface area contributed by atoms with Crippen LogP contribution >= 0.6 is 0 Å². The van der Waals surface area contributed by atoms with Crippen LogP contribution in [0.25, 0.3) is 0 Å². The second-order valence-corrected chi connectivity index (χ2v) is 14.0. The van der Waals surface area contributed by atoms with Gasteiger partial charge in [0.1, 0.15) is 11.5 Å². The zero-order chi connectivity index (χ0) is 31.2. The van der Waals surface area contributed by atoms with E-state index in [0.717, 1.165) is 56.6 Å². The van der Waals surface area contributed by atoms with Gasteiger partial charge >= 0.3 is 0 Å². The van der Waals surface area contributed by atoms with Crippen LogP contribution < -0.4 is 9.47 Å². The summed E-state index contributed by atoms with van der Waals surface area (Å²) >= 11 is 0. The molecular weight excluding hydrogens is 528 g/mol. The Labute approximate surface area is 263 Å². The van der Waals surface area contributed by atoms with E-state index in [2.05, 4.69) is 97.5 Å². The number of benzene rings is 2. The molecule has 2 aromatic carbocycles. The van der Waals surface area contributed by atoms with E-state index in [0.29, 0.717) is 37.1 Å². The van der Waals surface area contributed by atoms with Gasteiger partial charge in [-0.1, -0.05) is 81.8 Å². The van der Waals surface area contributed by atoms with E-state index >= 15 is 0 Å². The van der Waals surface area contributed by atoms with Gasteiger partial charge in [0, 0.05) is 12.2 Å². The summed E-state index contributed by atoms with van der Waals surface area (Å²) in [5.41, 5.74) is 6.84. The maximum Gasteiger partial charge on any atom is 0.126 e. The van der Waals surface area contributed by atoms with Crippen LogP contribution in [0.4, 0.5) is 0 Å². The van der Waals surface area contributed by atoms with Crippen LogP contribution in [0.15, 0.2) is 66.8 Å². The molecule has 2 aliphatic rings. The first-order chi connectivity index (χ1) is 20.5. The van der Waals surface area contributed by atoms with Crippen molar-refractivity contribution in [3.8, 4) is 11.5 Å². The van der Waals surface area contributed by atoms with Crippen molar-refractivity contribution < 1.29 is 14.2 Å². The fraction of sp³-hybridized carbons (Fsp3) is 0.600. The minimum Gasteiger partial charge on any atom is -0.493 e.